The standard InChI is InChI=1S/C27H39ClO4.C26H40O3/c1-16-6-11-27(30-15-16)14-22-23(32-27)13-21-19-5-4-17-12-18(31-24(28)29)7-9-25(17,2)20(19)8-10-26(21,22)3;1-16-6-11-26(28-15-16)14-22-23(29-26)13-21-19-5-4-17-12-18(27)7-9-24(17,2)20(19)8-10-25(21,22)3/h4,16,18-23H,5-15H2,1-3H3;4,16,18-23,27H,5-15H2,1-3H3/t16-,18+,19-,20?,21+,22+,23+,25+,26+,27-;16-,18+,19-,20?,21+,22+,23+,24+,25+,26-/m11/s1. The molecular weight excluding hydrogens is 784 g/mol. The van der Waals surface area contributed by atoms with Gasteiger partial charge in [-0.15, -0.1) is 0 Å². The summed E-state index contributed by atoms with van der Waals surface area (Å²) in [5.41, 5.74) is 3.85. The van der Waals surface area contributed by atoms with Crippen LogP contribution >= 0.6 is 11.6 Å². The molecule has 8 heteroatoms. The van der Waals surface area contributed by atoms with Crippen LogP contribution in [-0.4, -0.2) is 59.7 Å². The number of carbonyl (C=O) groups excluding carboxylic acids is 1. The van der Waals surface area contributed by atoms with E-state index < -0.39 is 5.43 Å². The Morgan fingerprint density at radius 1 is 0.639 bits per heavy atom. The molecule has 61 heavy (non-hydrogen) atoms. The molecule has 340 valence electrons. The second-order valence-corrected chi connectivity index (χ2v) is 25.2. The first-order valence-corrected chi connectivity index (χ1v) is 26.0. The smallest absolute Gasteiger partial charge is 0.404 e. The summed E-state index contributed by atoms with van der Waals surface area (Å²) in [5, 5.41) is 10.2. The van der Waals surface area contributed by atoms with Crippen molar-refractivity contribution in [1.29, 1.82) is 0 Å². The van der Waals surface area contributed by atoms with Gasteiger partial charge in [0.25, 0.3) is 0 Å². The van der Waals surface area contributed by atoms with E-state index in [1.54, 1.807) is 5.57 Å². The molecule has 0 radical (unpaired) electrons. The van der Waals surface area contributed by atoms with Crippen LogP contribution in [0.15, 0.2) is 23.3 Å². The number of hydrogen-bond donors (Lipinski definition) is 1. The fourth-order valence-electron chi connectivity index (χ4n) is 18.3. The van der Waals surface area contributed by atoms with E-state index in [9.17, 15) is 9.90 Å². The highest BCUT2D eigenvalue weighted by Crippen LogP contribution is 2.71. The summed E-state index contributed by atoms with van der Waals surface area (Å²) in [5.74, 6) is 6.84. The monoisotopic (exact) mass is 863 g/mol. The fraction of sp³-hybridized carbons (Fsp3) is 0.906. The van der Waals surface area contributed by atoms with E-state index in [0.29, 0.717) is 52.1 Å². The summed E-state index contributed by atoms with van der Waals surface area (Å²) < 4.78 is 31.6. The molecule has 10 fully saturated rings. The van der Waals surface area contributed by atoms with Gasteiger partial charge in [0.15, 0.2) is 11.6 Å². The summed E-state index contributed by atoms with van der Waals surface area (Å²) in [6.07, 6.45) is 28.9. The quantitative estimate of drug-likeness (QED) is 0.208. The summed E-state index contributed by atoms with van der Waals surface area (Å²) in [4.78, 5) is 11.3. The first-order valence-electron chi connectivity index (χ1n) is 25.6. The molecule has 12 aliphatic rings. The molecule has 1 N–H and O–H groups in total. The lowest BCUT2D eigenvalue weighted by molar-refractivity contribution is -0.256. The van der Waals surface area contributed by atoms with Gasteiger partial charge < -0.3 is 28.8 Å². The minimum absolute atomic E-state index is 0.0432. The zero-order valence-electron chi connectivity index (χ0n) is 38.6. The van der Waals surface area contributed by atoms with Crippen LogP contribution in [0.2, 0.25) is 0 Å². The van der Waals surface area contributed by atoms with Crippen molar-refractivity contribution < 1.29 is 33.6 Å². The van der Waals surface area contributed by atoms with Crippen LogP contribution in [0.1, 0.15) is 170 Å². The molecule has 4 heterocycles. The summed E-state index contributed by atoms with van der Waals surface area (Å²) in [6.45, 7) is 16.6. The molecule has 4 aliphatic heterocycles. The summed E-state index contributed by atoms with van der Waals surface area (Å²) in [6, 6.07) is 0. The number of aliphatic hydroxyl groups excluding tert-OH is 1. The van der Waals surface area contributed by atoms with E-state index in [4.69, 9.17) is 35.3 Å². The molecule has 12 rings (SSSR count). The minimum Gasteiger partial charge on any atom is -0.450 e. The Bertz CT molecular complexity index is 1780. The molecule has 7 nitrogen and oxygen atoms in total. The maximum absolute atomic E-state index is 11.3. The van der Waals surface area contributed by atoms with Gasteiger partial charge >= 0.3 is 5.43 Å². The van der Waals surface area contributed by atoms with Gasteiger partial charge in [0.1, 0.15) is 6.10 Å². The van der Waals surface area contributed by atoms with Gasteiger partial charge in [-0.1, -0.05) is 64.8 Å². The molecule has 0 amide bonds. The average Bonchev–Trinajstić information content (AvgIpc) is 3.93. The highest BCUT2D eigenvalue weighted by atomic mass is 35.5. The van der Waals surface area contributed by atoms with Crippen LogP contribution in [0, 0.1) is 80.8 Å². The lowest BCUT2D eigenvalue weighted by atomic mass is 9.47. The number of ether oxygens (including phenoxy) is 5. The van der Waals surface area contributed by atoms with E-state index in [0.717, 1.165) is 107 Å². The molecule has 2 unspecified atom stereocenters. The molecule has 0 bridgehead atoms. The van der Waals surface area contributed by atoms with Crippen LogP contribution in [0.5, 0.6) is 0 Å². The Hall–Kier alpha value is -0.960. The molecule has 4 saturated heterocycles. The second kappa shape index (κ2) is 15.0. The van der Waals surface area contributed by atoms with Crippen molar-refractivity contribution in [3.8, 4) is 0 Å². The number of aliphatic hydroxyl groups is 1. The predicted octanol–water partition coefficient (Wildman–Crippen LogP) is 12.3. The SMILES string of the molecule is C[C@@H]1CC[C@@]2(C[C@H]3[C@H](C[C@H]4[C@@H]5CC=C6C[C@@H](O)CC[C@]6(C)C5CC[C@]34C)O2)OC1.C[C@@H]1CC[C@@]2(C[C@H]3[C@H](C[C@H]4[C@@H]5CC=C6C[C@@H](OC(=O)Cl)CC[C@]6(C)C5CC[C@]34C)O2)OC1. The number of hydrogen-bond acceptors (Lipinski definition) is 7. The molecule has 20 atom stereocenters. The van der Waals surface area contributed by atoms with Crippen molar-refractivity contribution in [2.75, 3.05) is 13.2 Å². The zero-order valence-corrected chi connectivity index (χ0v) is 39.3. The van der Waals surface area contributed by atoms with Gasteiger partial charge in [0.05, 0.1) is 31.5 Å². The number of fused-ring (bicyclic) bond motifs is 14. The van der Waals surface area contributed by atoms with Gasteiger partial charge in [0, 0.05) is 43.7 Å². The molecular formula is C53H79ClO7. The van der Waals surface area contributed by atoms with Gasteiger partial charge in [-0.25, -0.2) is 4.79 Å². The van der Waals surface area contributed by atoms with Crippen molar-refractivity contribution in [2.45, 2.75) is 206 Å². The highest BCUT2D eigenvalue weighted by Gasteiger charge is 2.68. The Morgan fingerprint density at radius 2 is 1.13 bits per heavy atom. The minimum atomic E-state index is -0.659. The van der Waals surface area contributed by atoms with Crippen LogP contribution in [-0.2, 0) is 23.7 Å². The highest BCUT2D eigenvalue weighted by molar-refractivity contribution is 6.61. The molecule has 0 aromatic rings. The third-order valence-corrected chi connectivity index (χ3v) is 22.0. The number of carbonyl (C=O) groups is 1. The first kappa shape index (κ1) is 42.7. The fourth-order valence-corrected chi connectivity index (χ4v) is 18.5. The van der Waals surface area contributed by atoms with E-state index in [1.807, 2.05) is 0 Å². The summed E-state index contributed by atoms with van der Waals surface area (Å²) >= 11 is 5.51. The van der Waals surface area contributed by atoms with Gasteiger partial charge in [-0.05, 0) is 177 Å². The summed E-state index contributed by atoms with van der Waals surface area (Å²) in [7, 11) is 0. The normalized spacial score (nSPS) is 56.5. The lowest BCUT2D eigenvalue weighted by Crippen LogP contribution is -2.51. The molecule has 2 spiro atoms. The zero-order chi connectivity index (χ0) is 42.3. The molecule has 6 saturated carbocycles. The van der Waals surface area contributed by atoms with Crippen LogP contribution in [0.25, 0.3) is 0 Å². The third-order valence-electron chi connectivity index (χ3n) is 21.9. The topological polar surface area (TPSA) is 83.5 Å². The van der Waals surface area contributed by atoms with Gasteiger partial charge in [-0.3, -0.25) is 0 Å². The lowest BCUT2D eigenvalue weighted by Gasteiger charge is -2.58. The first-order chi connectivity index (χ1) is 29.1. The predicted molar refractivity (Wildman–Crippen MR) is 236 cm³/mol. The van der Waals surface area contributed by atoms with Crippen molar-refractivity contribution in [1.82, 2.24) is 0 Å². The van der Waals surface area contributed by atoms with E-state index >= 15 is 0 Å². The van der Waals surface area contributed by atoms with Crippen molar-refractivity contribution >= 4 is 17.0 Å². The molecule has 0 aromatic carbocycles. The maximum atomic E-state index is 11.3. The maximum Gasteiger partial charge on any atom is 0.404 e. The van der Waals surface area contributed by atoms with Crippen LogP contribution < -0.4 is 0 Å². The van der Waals surface area contributed by atoms with Gasteiger partial charge in [0.2, 0.25) is 0 Å². The Morgan fingerprint density at radius 3 is 1.61 bits per heavy atom. The van der Waals surface area contributed by atoms with E-state index in [2.05, 4.69) is 53.7 Å². The Kier molecular flexibility index (Phi) is 10.5. The van der Waals surface area contributed by atoms with E-state index in [-0.39, 0.29) is 29.2 Å². The van der Waals surface area contributed by atoms with Crippen molar-refractivity contribution in [3.05, 3.63) is 23.3 Å². The average molecular weight is 864 g/mol. The van der Waals surface area contributed by atoms with Crippen molar-refractivity contribution in [2.24, 2.45) is 80.8 Å². The molecule has 8 aliphatic carbocycles. The molecule has 0 aromatic heterocycles. The number of rotatable bonds is 1. The van der Waals surface area contributed by atoms with Crippen LogP contribution in [0.3, 0.4) is 0 Å². The van der Waals surface area contributed by atoms with Gasteiger partial charge in [-0.2, -0.15) is 0 Å². The third kappa shape index (κ3) is 6.72. The van der Waals surface area contributed by atoms with Crippen molar-refractivity contribution in [3.63, 3.8) is 0 Å². The Labute approximate surface area is 372 Å². The van der Waals surface area contributed by atoms with Crippen LogP contribution in [0.4, 0.5) is 4.79 Å². The van der Waals surface area contributed by atoms with E-state index in [1.165, 1.54) is 76.2 Å². The number of allylic oxidation sites excluding steroid dienone is 2. The largest absolute Gasteiger partial charge is 0.450 e. The Balaban J connectivity index is 0.000000138. The second-order valence-electron chi connectivity index (χ2n) is 24.9. The number of halogens is 1.